The Hall–Kier alpha value is -1.59. The molecule has 3 aliphatic heterocycles. The van der Waals surface area contributed by atoms with Crippen molar-refractivity contribution in [3.8, 4) is 0 Å². The summed E-state index contributed by atoms with van der Waals surface area (Å²) in [6.45, 7) is 8.22. The second kappa shape index (κ2) is 7.34. The van der Waals surface area contributed by atoms with Crippen molar-refractivity contribution in [3.63, 3.8) is 0 Å². The molecule has 3 aliphatic rings. The number of benzene rings is 1. The molecular weight excluding hydrogens is 312 g/mol. The van der Waals surface area contributed by atoms with Gasteiger partial charge in [-0.1, -0.05) is 30.3 Å². The smallest absolute Gasteiger partial charge is 0.193 e. The van der Waals surface area contributed by atoms with Crippen molar-refractivity contribution in [2.75, 3.05) is 53.0 Å². The zero-order chi connectivity index (χ0) is 17.1. The number of guanidine groups is 1. The number of nitrogens with one attached hydrogen (secondary N) is 1. The number of likely N-dealkylation sites (tertiary alicyclic amines) is 1. The van der Waals surface area contributed by atoms with Gasteiger partial charge in [-0.15, -0.1) is 0 Å². The second-order valence-corrected chi connectivity index (χ2v) is 7.83. The first-order valence-electron chi connectivity index (χ1n) is 9.59. The Morgan fingerprint density at radius 2 is 2.04 bits per heavy atom. The van der Waals surface area contributed by atoms with Crippen LogP contribution in [0.25, 0.3) is 0 Å². The third kappa shape index (κ3) is 3.67. The fraction of sp³-hybridized carbons (Fsp3) is 0.650. The van der Waals surface area contributed by atoms with Gasteiger partial charge >= 0.3 is 0 Å². The van der Waals surface area contributed by atoms with E-state index in [0.29, 0.717) is 11.3 Å². The normalized spacial score (nSPS) is 26.2. The quantitative estimate of drug-likeness (QED) is 0.906. The highest BCUT2D eigenvalue weighted by atomic mass is 16.5. The molecule has 25 heavy (non-hydrogen) atoms. The zero-order valence-electron chi connectivity index (χ0n) is 15.3. The van der Waals surface area contributed by atoms with Crippen molar-refractivity contribution >= 4 is 5.96 Å². The van der Waals surface area contributed by atoms with Crippen molar-refractivity contribution in [1.82, 2.24) is 15.1 Å². The summed E-state index contributed by atoms with van der Waals surface area (Å²) in [7, 11) is 2.12. The number of hydrogen-bond donors (Lipinski definition) is 1. The molecule has 1 aromatic carbocycles. The van der Waals surface area contributed by atoms with E-state index < -0.39 is 0 Å². The predicted octanol–water partition coefficient (Wildman–Crippen LogP) is 1.81. The van der Waals surface area contributed by atoms with Gasteiger partial charge in [0, 0.05) is 53.0 Å². The van der Waals surface area contributed by atoms with Gasteiger partial charge in [0.2, 0.25) is 0 Å². The fourth-order valence-electron chi connectivity index (χ4n) is 4.67. The van der Waals surface area contributed by atoms with Crippen LogP contribution in [0.1, 0.15) is 18.4 Å². The number of rotatable bonds is 4. The van der Waals surface area contributed by atoms with E-state index in [1.165, 1.54) is 31.5 Å². The Morgan fingerprint density at radius 1 is 1.24 bits per heavy atom. The molecule has 1 spiro atoms. The largest absolute Gasteiger partial charge is 0.381 e. The molecule has 136 valence electrons. The average molecular weight is 342 g/mol. The molecule has 2 saturated heterocycles. The number of aliphatic imine (C=N–C) groups is 1. The molecule has 5 heteroatoms. The number of ether oxygens (including phenoxy) is 1. The van der Waals surface area contributed by atoms with Gasteiger partial charge in [0.1, 0.15) is 0 Å². The number of hydrogen-bond acceptors (Lipinski definition) is 5. The minimum absolute atomic E-state index is 0.401. The lowest BCUT2D eigenvalue weighted by Gasteiger charge is -2.38. The van der Waals surface area contributed by atoms with E-state index in [9.17, 15) is 0 Å². The fourth-order valence-corrected chi connectivity index (χ4v) is 4.67. The van der Waals surface area contributed by atoms with E-state index >= 15 is 0 Å². The van der Waals surface area contributed by atoms with Crippen LogP contribution in [0.5, 0.6) is 0 Å². The summed E-state index contributed by atoms with van der Waals surface area (Å²) in [5.74, 6) is 1.74. The maximum Gasteiger partial charge on any atom is 0.193 e. The van der Waals surface area contributed by atoms with Gasteiger partial charge in [0.15, 0.2) is 5.96 Å². The van der Waals surface area contributed by atoms with Crippen LogP contribution >= 0.6 is 0 Å². The Kier molecular flexibility index (Phi) is 4.95. The maximum absolute atomic E-state index is 5.68. The third-order valence-electron chi connectivity index (χ3n) is 6.19. The van der Waals surface area contributed by atoms with Gasteiger partial charge in [-0.05, 0) is 29.7 Å². The summed E-state index contributed by atoms with van der Waals surface area (Å²) in [6.07, 6.45) is 2.37. The van der Waals surface area contributed by atoms with Crippen molar-refractivity contribution in [2.24, 2.45) is 16.3 Å². The molecule has 4 rings (SSSR count). The van der Waals surface area contributed by atoms with E-state index in [2.05, 4.69) is 57.5 Å². The van der Waals surface area contributed by atoms with Crippen LogP contribution in [-0.4, -0.2) is 68.7 Å². The molecule has 0 radical (unpaired) electrons. The summed E-state index contributed by atoms with van der Waals surface area (Å²) < 4.78 is 5.68. The number of likely N-dealkylation sites (N-methyl/N-ethyl adjacent to an activating group) is 1. The van der Waals surface area contributed by atoms with Gasteiger partial charge in [-0.3, -0.25) is 9.89 Å². The summed E-state index contributed by atoms with van der Waals surface area (Å²) >= 11 is 0. The van der Waals surface area contributed by atoms with Gasteiger partial charge in [0.25, 0.3) is 0 Å². The molecule has 5 nitrogen and oxygen atoms in total. The summed E-state index contributed by atoms with van der Waals surface area (Å²) in [5.41, 5.74) is 1.82. The molecule has 0 saturated carbocycles. The Labute approximate surface area is 151 Å². The lowest BCUT2D eigenvalue weighted by molar-refractivity contribution is 0.000226. The molecule has 0 bridgehead atoms. The van der Waals surface area contributed by atoms with Crippen molar-refractivity contribution in [3.05, 3.63) is 35.9 Å². The predicted molar refractivity (Wildman–Crippen MR) is 101 cm³/mol. The first-order chi connectivity index (χ1) is 12.3. The molecule has 0 amide bonds. The van der Waals surface area contributed by atoms with Crippen LogP contribution in [-0.2, 0) is 11.3 Å². The number of nitrogens with zero attached hydrogens (tertiary/aromatic N) is 3. The molecule has 1 aromatic rings. The van der Waals surface area contributed by atoms with Crippen LogP contribution in [0, 0.1) is 11.3 Å². The van der Waals surface area contributed by atoms with Crippen LogP contribution in [0.2, 0.25) is 0 Å². The van der Waals surface area contributed by atoms with Crippen molar-refractivity contribution in [2.45, 2.75) is 19.4 Å². The SMILES string of the molecule is CN1CCN=C1NCC1CN(Cc2ccccc2)CC12CCOCC2. The van der Waals surface area contributed by atoms with Crippen LogP contribution in [0.15, 0.2) is 35.3 Å². The molecule has 2 fully saturated rings. The van der Waals surface area contributed by atoms with E-state index in [4.69, 9.17) is 4.74 Å². The van der Waals surface area contributed by atoms with Crippen molar-refractivity contribution in [1.29, 1.82) is 0 Å². The molecule has 1 atom stereocenters. The second-order valence-electron chi connectivity index (χ2n) is 7.83. The first kappa shape index (κ1) is 16.9. The van der Waals surface area contributed by atoms with E-state index in [-0.39, 0.29) is 0 Å². The minimum atomic E-state index is 0.401. The molecule has 1 N–H and O–H groups in total. The highest BCUT2D eigenvalue weighted by Gasteiger charge is 2.47. The molecule has 1 unspecified atom stereocenters. The average Bonchev–Trinajstić information content (AvgIpc) is 3.18. The highest BCUT2D eigenvalue weighted by Crippen LogP contribution is 2.44. The van der Waals surface area contributed by atoms with E-state index in [1.807, 2.05) is 0 Å². The van der Waals surface area contributed by atoms with Gasteiger partial charge in [-0.2, -0.15) is 0 Å². The monoisotopic (exact) mass is 342 g/mol. The highest BCUT2D eigenvalue weighted by molar-refractivity contribution is 5.81. The summed E-state index contributed by atoms with van der Waals surface area (Å²) in [6, 6.07) is 10.9. The van der Waals surface area contributed by atoms with Crippen molar-refractivity contribution < 1.29 is 4.74 Å². The third-order valence-corrected chi connectivity index (χ3v) is 6.19. The Morgan fingerprint density at radius 3 is 2.76 bits per heavy atom. The summed E-state index contributed by atoms with van der Waals surface area (Å²) in [4.78, 5) is 9.47. The lowest BCUT2D eigenvalue weighted by Crippen LogP contribution is -2.44. The van der Waals surface area contributed by atoms with Crippen LogP contribution < -0.4 is 5.32 Å². The lowest BCUT2D eigenvalue weighted by atomic mass is 9.72. The van der Waals surface area contributed by atoms with E-state index in [0.717, 1.165) is 45.4 Å². The van der Waals surface area contributed by atoms with Gasteiger partial charge < -0.3 is 15.0 Å². The Balaban J connectivity index is 1.43. The van der Waals surface area contributed by atoms with Crippen LogP contribution in [0.4, 0.5) is 0 Å². The van der Waals surface area contributed by atoms with E-state index in [1.54, 1.807) is 0 Å². The Bertz CT molecular complexity index is 597. The topological polar surface area (TPSA) is 40.1 Å². The first-order valence-corrected chi connectivity index (χ1v) is 9.59. The molecule has 0 aliphatic carbocycles. The maximum atomic E-state index is 5.68. The molecule has 3 heterocycles. The standard InChI is InChI=1S/C20H30N4O/c1-23-10-9-21-19(23)22-13-18-15-24(14-17-5-3-2-4-6-17)16-20(18)7-11-25-12-8-20/h2-6,18H,7-16H2,1H3,(H,21,22). The van der Waals surface area contributed by atoms with Gasteiger partial charge in [-0.25, -0.2) is 0 Å². The van der Waals surface area contributed by atoms with Gasteiger partial charge in [0.05, 0.1) is 6.54 Å². The zero-order valence-corrected chi connectivity index (χ0v) is 15.3. The minimum Gasteiger partial charge on any atom is -0.381 e. The molecular formula is C20H30N4O. The summed E-state index contributed by atoms with van der Waals surface area (Å²) in [5, 5.41) is 3.64. The van der Waals surface area contributed by atoms with Crippen LogP contribution in [0.3, 0.4) is 0 Å². The molecule has 0 aromatic heterocycles.